The summed E-state index contributed by atoms with van der Waals surface area (Å²) in [4.78, 5) is 36.5. The summed E-state index contributed by atoms with van der Waals surface area (Å²) in [6.45, 7) is 3.07. The third-order valence-electron chi connectivity index (χ3n) is 2.61. The van der Waals surface area contributed by atoms with E-state index in [1.54, 1.807) is 31.2 Å². The third-order valence-corrected chi connectivity index (χ3v) is 3.78. The van der Waals surface area contributed by atoms with Gasteiger partial charge in [0.15, 0.2) is 5.78 Å². The molecule has 0 fully saturated rings. The summed E-state index contributed by atoms with van der Waals surface area (Å²) < 4.78 is 4.84. The van der Waals surface area contributed by atoms with Crippen molar-refractivity contribution in [2.75, 3.05) is 6.61 Å². The van der Waals surface area contributed by atoms with Crippen molar-refractivity contribution in [3.8, 4) is 0 Å². The molecule has 1 aromatic carbocycles. The predicted molar refractivity (Wildman–Crippen MR) is 71.0 cm³/mol. The molecule has 19 heavy (non-hydrogen) atoms. The van der Waals surface area contributed by atoms with Crippen molar-refractivity contribution < 1.29 is 19.1 Å². The maximum Gasteiger partial charge on any atom is 0.343 e. The Balaban J connectivity index is 2.50. The summed E-state index contributed by atoms with van der Waals surface area (Å²) in [5, 5.41) is 0. The molecule has 98 valence electrons. The van der Waals surface area contributed by atoms with Crippen LogP contribution in [0, 0.1) is 0 Å². The molecule has 0 bridgehead atoms. The summed E-state index contributed by atoms with van der Waals surface area (Å²) in [6, 6.07) is 7.02. The van der Waals surface area contributed by atoms with Crippen LogP contribution in [0.5, 0.6) is 0 Å². The quantitative estimate of drug-likeness (QED) is 0.367. The molecule has 1 heterocycles. The highest BCUT2D eigenvalue weighted by atomic mass is 32.2. The van der Waals surface area contributed by atoms with Crippen LogP contribution in [0.4, 0.5) is 0 Å². The van der Waals surface area contributed by atoms with Gasteiger partial charge in [-0.2, -0.15) is 0 Å². The lowest BCUT2D eigenvalue weighted by Gasteiger charge is -2.05. The van der Waals surface area contributed by atoms with Gasteiger partial charge in [-0.1, -0.05) is 23.9 Å². The van der Waals surface area contributed by atoms with Crippen LogP contribution < -0.4 is 0 Å². The van der Waals surface area contributed by atoms with Crippen LogP contribution in [0.15, 0.2) is 39.6 Å². The van der Waals surface area contributed by atoms with Crippen LogP contribution >= 0.6 is 11.8 Å². The molecule has 0 unspecified atom stereocenters. The lowest BCUT2D eigenvalue weighted by molar-refractivity contribution is -0.139. The number of hydrogen-bond acceptors (Lipinski definition) is 5. The van der Waals surface area contributed by atoms with Gasteiger partial charge in [-0.15, -0.1) is 0 Å². The topological polar surface area (TPSA) is 60.4 Å². The van der Waals surface area contributed by atoms with E-state index in [-0.39, 0.29) is 22.9 Å². The molecular formula is C14H12O4S. The van der Waals surface area contributed by atoms with Crippen molar-refractivity contribution in [2.45, 2.75) is 18.7 Å². The SMILES string of the molecule is CCOC(=O)/C(C(C)=O)=C1\Sc2ccccc2C1=O. The summed E-state index contributed by atoms with van der Waals surface area (Å²) in [7, 11) is 0. The number of carbonyl (C=O) groups excluding carboxylic acids is 3. The Morgan fingerprint density at radius 2 is 1.95 bits per heavy atom. The van der Waals surface area contributed by atoms with Crippen LogP contribution in [0.1, 0.15) is 24.2 Å². The van der Waals surface area contributed by atoms with Crippen LogP contribution in [-0.4, -0.2) is 24.1 Å². The van der Waals surface area contributed by atoms with Crippen molar-refractivity contribution in [2.24, 2.45) is 0 Å². The molecule has 0 spiro atoms. The van der Waals surface area contributed by atoms with Crippen molar-refractivity contribution in [1.29, 1.82) is 0 Å². The Labute approximate surface area is 114 Å². The predicted octanol–water partition coefficient (Wildman–Crippen LogP) is 2.38. The number of fused-ring (bicyclic) bond motifs is 1. The number of carbonyl (C=O) groups is 3. The highest BCUT2D eigenvalue weighted by Gasteiger charge is 2.33. The lowest BCUT2D eigenvalue weighted by atomic mass is 10.1. The first-order valence-corrected chi connectivity index (χ1v) is 6.61. The Hall–Kier alpha value is -1.88. The van der Waals surface area contributed by atoms with Gasteiger partial charge in [0.25, 0.3) is 0 Å². The van der Waals surface area contributed by atoms with Crippen LogP contribution in [0.25, 0.3) is 0 Å². The first-order valence-electron chi connectivity index (χ1n) is 5.80. The molecule has 0 saturated carbocycles. The molecule has 0 atom stereocenters. The number of hydrogen-bond donors (Lipinski definition) is 0. The molecule has 1 aliphatic heterocycles. The molecule has 1 aromatic rings. The Morgan fingerprint density at radius 3 is 2.53 bits per heavy atom. The van der Waals surface area contributed by atoms with Crippen LogP contribution in [0.2, 0.25) is 0 Å². The Bertz CT molecular complexity index is 601. The van der Waals surface area contributed by atoms with Gasteiger partial charge < -0.3 is 4.74 Å². The van der Waals surface area contributed by atoms with Crippen molar-refractivity contribution in [3.63, 3.8) is 0 Å². The maximum atomic E-state index is 12.2. The molecule has 0 aromatic heterocycles. The van der Waals surface area contributed by atoms with E-state index in [0.717, 1.165) is 16.7 Å². The second kappa shape index (κ2) is 5.40. The average Bonchev–Trinajstić information content (AvgIpc) is 2.68. The summed E-state index contributed by atoms with van der Waals surface area (Å²) >= 11 is 1.14. The lowest BCUT2D eigenvalue weighted by Crippen LogP contribution is -2.17. The fourth-order valence-corrected chi connectivity index (χ4v) is 2.95. The van der Waals surface area contributed by atoms with Gasteiger partial charge in [0.1, 0.15) is 5.57 Å². The number of ketones is 2. The van der Waals surface area contributed by atoms with E-state index in [4.69, 9.17) is 4.74 Å². The monoisotopic (exact) mass is 276 g/mol. The van der Waals surface area contributed by atoms with Crippen molar-refractivity contribution in [3.05, 3.63) is 40.3 Å². The van der Waals surface area contributed by atoms with E-state index in [1.807, 2.05) is 0 Å². The number of benzene rings is 1. The minimum absolute atomic E-state index is 0.159. The normalized spacial score (nSPS) is 16.0. The molecule has 0 radical (unpaired) electrons. The molecule has 0 amide bonds. The van der Waals surface area contributed by atoms with E-state index >= 15 is 0 Å². The van der Waals surface area contributed by atoms with Gasteiger partial charge in [-0.3, -0.25) is 9.59 Å². The zero-order valence-electron chi connectivity index (χ0n) is 10.6. The van der Waals surface area contributed by atoms with Gasteiger partial charge in [0, 0.05) is 10.5 Å². The Kier molecular flexibility index (Phi) is 3.85. The van der Waals surface area contributed by atoms with Gasteiger partial charge in [0.2, 0.25) is 5.78 Å². The summed E-state index contributed by atoms with van der Waals surface area (Å²) in [5.74, 6) is -1.49. The molecule has 0 aliphatic carbocycles. The fourth-order valence-electron chi connectivity index (χ4n) is 1.79. The van der Waals surface area contributed by atoms with Gasteiger partial charge >= 0.3 is 5.97 Å². The largest absolute Gasteiger partial charge is 0.462 e. The first kappa shape index (κ1) is 13.5. The molecule has 4 nitrogen and oxygen atoms in total. The number of Topliss-reactive ketones (excluding diaryl/α,β-unsaturated/α-hetero) is 2. The van der Waals surface area contributed by atoms with Crippen LogP contribution in [-0.2, 0) is 14.3 Å². The van der Waals surface area contributed by atoms with Gasteiger partial charge in [0.05, 0.1) is 11.5 Å². The third kappa shape index (κ3) is 2.46. The van der Waals surface area contributed by atoms with Crippen molar-refractivity contribution in [1.82, 2.24) is 0 Å². The average molecular weight is 276 g/mol. The van der Waals surface area contributed by atoms with Gasteiger partial charge in [-0.05, 0) is 26.0 Å². The molecule has 0 saturated heterocycles. The van der Waals surface area contributed by atoms with E-state index < -0.39 is 11.8 Å². The number of ether oxygens (including phenoxy) is 1. The van der Waals surface area contributed by atoms with E-state index in [0.29, 0.717) is 5.56 Å². The first-order chi connectivity index (χ1) is 9.06. The van der Waals surface area contributed by atoms with Gasteiger partial charge in [-0.25, -0.2) is 4.79 Å². The zero-order valence-corrected chi connectivity index (χ0v) is 11.4. The minimum Gasteiger partial charge on any atom is -0.462 e. The van der Waals surface area contributed by atoms with E-state index in [9.17, 15) is 14.4 Å². The highest BCUT2D eigenvalue weighted by Crippen LogP contribution is 2.41. The molecular weight excluding hydrogens is 264 g/mol. The number of esters is 1. The summed E-state index contributed by atoms with van der Waals surface area (Å²) in [5.41, 5.74) is 0.360. The number of allylic oxidation sites excluding steroid dienone is 1. The van der Waals surface area contributed by atoms with E-state index in [1.165, 1.54) is 6.92 Å². The van der Waals surface area contributed by atoms with Crippen molar-refractivity contribution >= 4 is 29.3 Å². The second-order valence-corrected chi connectivity index (χ2v) is 4.96. The smallest absolute Gasteiger partial charge is 0.343 e. The van der Waals surface area contributed by atoms with E-state index in [2.05, 4.69) is 0 Å². The minimum atomic E-state index is -0.737. The molecule has 0 N–H and O–H groups in total. The molecule has 2 rings (SSSR count). The highest BCUT2D eigenvalue weighted by molar-refractivity contribution is 8.04. The Morgan fingerprint density at radius 1 is 1.26 bits per heavy atom. The summed E-state index contributed by atoms with van der Waals surface area (Å²) in [6.07, 6.45) is 0. The standard InChI is InChI=1S/C14H12O4S/c1-3-18-14(17)11(8(2)15)13-12(16)9-6-4-5-7-10(9)19-13/h4-7H,3H2,1-2H3/b13-11-. The maximum absolute atomic E-state index is 12.2. The second-order valence-electron chi connectivity index (χ2n) is 3.91. The number of thioether (sulfide) groups is 1. The molecule has 1 aliphatic rings. The van der Waals surface area contributed by atoms with Crippen LogP contribution in [0.3, 0.4) is 0 Å². The zero-order chi connectivity index (χ0) is 14.0. The fraction of sp³-hybridized carbons (Fsp3) is 0.214. The number of rotatable bonds is 3. The molecule has 5 heteroatoms.